The number of thioether (sulfide) groups is 1. The quantitative estimate of drug-likeness (QED) is 0.219. The maximum atomic E-state index is 14.0. The van der Waals surface area contributed by atoms with Crippen LogP contribution in [0.15, 0.2) is 36.4 Å². The lowest BCUT2D eigenvalue weighted by Gasteiger charge is -2.27. The van der Waals surface area contributed by atoms with Gasteiger partial charge in [-0.1, -0.05) is 13.8 Å². The van der Waals surface area contributed by atoms with E-state index in [0.717, 1.165) is 31.0 Å². The van der Waals surface area contributed by atoms with Gasteiger partial charge in [0.1, 0.15) is 11.6 Å². The van der Waals surface area contributed by atoms with Crippen molar-refractivity contribution in [1.29, 1.82) is 0 Å². The Kier molecular flexibility index (Phi) is 14.9. The number of likely N-dealkylation sites (N-methyl/N-ethyl adjacent to an activating group) is 1. The number of amides is 3. The molecule has 0 saturated carbocycles. The first-order valence-electron chi connectivity index (χ1n) is 14.3. The molecular formula is C31H44F2N4O4S. The number of carbonyl (C=O) groups excluding carboxylic acids is 3. The van der Waals surface area contributed by atoms with Crippen molar-refractivity contribution in [2.75, 3.05) is 38.7 Å². The summed E-state index contributed by atoms with van der Waals surface area (Å²) in [6.45, 7) is 6.92. The molecule has 8 nitrogen and oxygen atoms in total. The maximum absolute atomic E-state index is 14.0. The molecule has 2 aromatic carbocycles. The molecular weight excluding hydrogens is 562 g/mol. The molecule has 3 amide bonds. The highest BCUT2D eigenvalue weighted by atomic mass is 32.2. The predicted molar refractivity (Wildman–Crippen MR) is 164 cm³/mol. The molecule has 0 spiro atoms. The van der Waals surface area contributed by atoms with Crippen molar-refractivity contribution in [2.45, 2.75) is 64.6 Å². The molecule has 3 atom stereocenters. The zero-order valence-electron chi connectivity index (χ0n) is 25.1. The molecule has 0 radical (unpaired) electrons. The van der Waals surface area contributed by atoms with Crippen LogP contribution in [-0.2, 0) is 11.2 Å². The van der Waals surface area contributed by atoms with Crippen molar-refractivity contribution in [3.05, 3.63) is 70.3 Å². The van der Waals surface area contributed by atoms with Crippen LogP contribution < -0.4 is 16.0 Å². The fourth-order valence-corrected chi connectivity index (χ4v) is 5.21. The zero-order valence-corrected chi connectivity index (χ0v) is 26.0. The SMILES string of the molecule is CCCN(CCC)C(=O)c1cc(C)cc(C(=O)N[C@@H](Cc2cc(F)cc(F)c2)[C@H](O)CN[C@@H](CCSC)C(=O)NC)c1. The van der Waals surface area contributed by atoms with Crippen molar-refractivity contribution in [1.82, 2.24) is 20.9 Å². The zero-order chi connectivity index (χ0) is 31.2. The number of nitrogens with zero attached hydrogens (tertiary/aromatic N) is 1. The van der Waals surface area contributed by atoms with E-state index in [9.17, 15) is 28.3 Å². The summed E-state index contributed by atoms with van der Waals surface area (Å²) in [5.41, 5.74) is 1.57. The van der Waals surface area contributed by atoms with Crippen molar-refractivity contribution in [3.63, 3.8) is 0 Å². The molecule has 4 N–H and O–H groups in total. The molecule has 0 aromatic heterocycles. The second-order valence-electron chi connectivity index (χ2n) is 10.4. The minimum atomic E-state index is -1.21. The Morgan fingerprint density at radius 2 is 1.60 bits per heavy atom. The molecule has 2 aromatic rings. The Balaban J connectivity index is 2.33. The summed E-state index contributed by atoms with van der Waals surface area (Å²) in [4.78, 5) is 40.8. The maximum Gasteiger partial charge on any atom is 0.253 e. The van der Waals surface area contributed by atoms with Crippen LogP contribution in [0.25, 0.3) is 0 Å². The van der Waals surface area contributed by atoms with E-state index in [1.54, 1.807) is 35.7 Å². The summed E-state index contributed by atoms with van der Waals surface area (Å²) < 4.78 is 27.9. The van der Waals surface area contributed by atoms with Gasteiger partial charge in [-0.2, -0.15) is 11.8 Å². The predicted octanol–water partition coefficient (Wildman–Crippen LogP) is 3.69. The van der Waals surface area contributed by atoms with E-state index in [4.69, 9.17) is 0 Å². The van der Waals surface area contributed by atoms with E-state index in [1.165, 1.54) is 13.1 Å². The third-order valence-electron chi connectivity index (χ3n) is 6.77. The number of halogens is 2. The number of carbonyl (C=O) groups is 3. The Bertz CT molecular complexity index is 1170. The number of nitrogens with one attached hydrogen (secondary N) is 3. The van der Waals surface area contributed by atoms with Gasteiger partial charge in [0.15, 0.2) is 0 Å². The van der Waals surface area contributed by atoms with Gasteiger partial charge < -0.3 is 26.0 Å². The van der Waals surface area contributed by atoms with Gasteiger partial charge in [0.25, 0.3) is 11.8 Å². The summed E-state index contributed by atoms with van der Waals surface area (Å²) in [5, 5.41) is 19.6. The van der Waals surface area contributed by atoms with Gasteiger partial charge in [-0.25, -0.2) is 8.78 Å². The van der Waals surface area contributed by atoms with Gasteiger partial charge >= 0.3 is 0 Å². The highest BCUT2D eigenvalue weighted by Crippen LogP contribution is 2.16. The minimum Gasteiger partial charge on any atom is -0.390 e. The number of hydrogen-bond acceptors (Lipinski definition) is 6. The van der Waals surface area contributed by atoms with Gasteiger partial charge in [0.05, 0.1) is 18.2 Å². The molecule has 42 heavy (non-hydrogen) atoms. The standard InChI is InChI=1S/C31H44F2N4O4S/c1-6-9-37(10-7-2)31(41)23-13-20(3)12-22(17-23)29(39)36-27(16-21-14-24(32)18-25(33)15-21)28(38)19-35-26(8-11-42-5)30(40)34-4/h12-15,17-18,26-28,35,38H,6-11,16,19H2,1-5H3,(H,34,40)(H,36,39)/t26-,27-,28+/m0/s1. The lowest BCUT2D eigenvalue weighted by atomic mass is 9.99. The van der Waals surface area contributed by atoms with Crippen LogP contribution in [0.2, 0.25) is 0 Å². The third-order valence-corrected chi connectivity index (χ3v) is 7.41. The molecule has 0 aliphatic heterocycles. The smallest absolute Gasteiger partial charge is 0.253 e. The highest BCUT2D eigenvalue weighted by Gasteiger charge is 2.26. The molecule has 232 valence electrons. The summed E-state index contributed by atoms with van der Waals surface area (Å²) in [6, 6.07) is 6.41. The minimum absolute atomic E-state index is 0.0598. The summed E-state index contributed by atoms with van der Waals surface area (Å²) in [6.07, 6.45) is 2.77. The number of aliphatic hydroxyl groups is 1. The Hall–Kier alpha value is -3.02. The number of rotatable bonds is 17. The number of hydrogen-bond donors (Lipinski definition) is 4. The Labute approximate surface area is 252 Å². The van der Waals surface area contributed by atoms with Gasteiger partial charge in [0, 0.05) is 43.9 Å². The second kappa shape index (κ2) is 17.8. The van der Waals surface area contributed by atoms with E-state index in [-0.39, 0.29) is 35.9 Å². The molecule has 2 rings (SSSR count). The van der Waals surface area contributed by atoms with Gasteiger partial charge in [0.2, 0.25) is 5.91 Å². The lowest BCUT2D eigenvalue weighted by molar-refractivity contribution is -0.122. The largest absolute Gasteiger partial charge is 0.390 e. The fourth-order valence-electron chi connectivity index (χ4n) is 4.73. The Morgan fingerprint density at radius 1 is 0.976 bits per heavy atom. The molecule has 0 bridgehead atoms. The first-order valence-corrected chi connectivity index (χ1v) is 15.7. The first-order chi connectivity index (χ1) is 20.0. The number of aliphatic hydroxyl groups excluding tert-OH is 1. The first kappa shape index (κ1) is 35.2. The molecule has 0 aliphatic carbocycles. The normalized spacial score (nSPS) is 13.2. The van der Waals surface area contributed by atoms with Crippen LogP contribution >= 0.6 is 11.8 Å². The molecule has 0 fully saturated rings. The van der Waals surface area contributed by atoms with Crippen molar-refractivity contribution in [2.24, 2.45) is 0 Å². The van der Waals surface area contributed by atoms with E-state index in [1.807, 2.05) is 20.1 Å². The lowest BCUT2D eigenvalue weighted by Crippen LogP contribution is -2.52. The van der Waals surface area contributed by atoms with Crippen LogP contribution in [0.5, 0.6) is 0 Å². The highest BCUT2D eigenvalue weighted by molar-refractivity contribution is 7.98. The summed E-state index contributed by atoms with van der Waals surface area (Å²) in [5.74, 6) is -1.78. The number of benzene rings is 2. The monoisotopic (exact) mass is 606 g/mol. The summed E-state index contributed by atoms with van der Waals surface area (Å²) in [7, 11) is 1.53. The van der Waals surface area contributed by atoms with Crippen molar-refractivity contribution < 1.29 is 28.3 Å². The molecule has 0 aliphatic rings. The second-order valence-corrected chi connectivity index (χ2v) is 11.4. The van der Waals surface area contributed by atoms with Crippen LogP contribution in [0, 0.1) is 18.6 Å². The van der Waals surface area contributed by atoms with Crippen LogP contribution in [0.4, 0.5) is 8.78 Å². The van der Waals surface area contributed by atoms with Gasteiger partial charge in [-0.3, -0.25) is 14.4 Å². The Morgan fingerprint density at radius 3 is 2.17 bits per heavy atom. The van der Waals surface area contributed by atoms with E-state index >= 15 is 0 Å². The van der Waals surface area contributed by atoms with Crippen LogP contribution in [0.3, 0.4) is 0 Å². The average molecular weight is 607 g/mol. The van der Waals surface area contributed by atoms with Crippen LogP contribution in [-0.4, -0.2) is 84.6 Å². The van der Waals surface area contributed by atoms with Crippen molar-refractivity contribution in [3.8, 4) is 0 Å². The number of aryl methyl sites for hydroxylation is 1. The van der Waals surface area contributed by atoms with E-state index in [0.29, 0.717) is 36.4 Å². The molecule has 11 heteroatoms. The van der Waals surface area contributed by atoms with E-state index in [2.05, 4.69) is 16.0 Å². The van der Waals surface area contributed by atoms with Gasteiger partial charge in [-0.15, -0.1) is 0 Å². The van der Waals surface area contributed by atoms with E-state index < -0.39 is 35.7 Å². The van der Waals surface area contributed by atoms with Crippen LogP contribution in [0.1, 0.15) is 65.0 Å². The topological polar surface area (TPSA) is 111 Å². The average Bonchev–Trinajstić information content (AvgIpc) is 2.94. The summed E-state index contributed by atoms with van der Waals surface area (Å²) >= 11 is 1.58. The molecule has 0 unspecified atom stereocenters. The van der Waals surface area contributed by atoms with Crippen molar-refractivity contribution >= 4 is 29.5 Å². The third kappa shape index (κ3) is 11.0. The molecule has 0 heterocycles. The fraction of sp³-hybridized carbons (Fsp3) is 0.516. The van der Waals surface area contributed by atoms with Gasteiger partial charge in [-0.05, 0) is 86.1 Å². The molecule has 0 saturated heterocycles.